The van der Waals surface area contributed by atoms with Gasteiger partial charge in [0.1, 0.15) is 0 Å². The molecule has 0 aromatic carbocycles. The summed E-state index contributed by atoms with van der Waals surface area (Å²) in [7, 11) is 0. The van der Waals surface area contributed by atoms with Gasteiger partial charge >= 0.3 is 0 Å². The average Bonchev–Trinajstić information content (AvgIpc) is 2.28. The molecule has 0 nitrogen and oxygen atoms in total. The SMILES string of the molecule is CC.CCCCCCCCCCCC(C)(C)S. The van der Waals surface area contributed by atoms with E-state index in [2.05, 4.69) is 33.4 Å². The van der Waals surface area contributed by atoms with Crippen LogP contribution in [-0.2, 0) is 0 Å². The van der Waals surface area contributed by atoms with Gasteiger partial charge in [0.2, 0.25) is 0 Å². The maximum atomic E-state index is 4.54. The van der Waals surface area contributed by atoms with Gasteiger partial charge in [-0.2, -0.15) is 12.6 Å². The highest BCUT2D eigenvalue weighted by Crippen LogP contribution is 2.21. The summed E-state index contributed by atoms with van der Waals surface area (Å²) in [6, 6.07) is 0. The van der Waals surface area contributed by atoms with Crippen molar-refractivity contribution in [3.63, 3.8) is 0 Å². The van der Waals surface area contributed by atoms with Gasteiger partial charge in [-0.15, -0.1) is 0 Å². The summed E-state index contributed by atoms with van der Waals surface area (Å²) in [5.41, 5.74) is 0. The third kappa shape index (κ3) is 22.1. The molecule has 0 spiro atoms. The molecule has 0 aliphatic carbocycles. The number of rotatable bonds is 10. The van der Waals surface area contributed by atoms with E-state index in [1.54, 1.807) is 0 Å². The predicted octanol–water partition coefficient (Wildman–Crippen LogP) is 6.64. The summed E-state index contributed by atoms with van der Waals surface area (Å²) in [4.78, 5) is 0. The van der Waals surface area contributed by atoms with Crippen LogP contribution in [0.5, 0.6) is 0 Å². The molecule has 0 aromatic rings. The van der Waals surface area contributed by atoms with Crippen molar-refractivity contribution in [1.82, 2.24) is 0 Å². The van der Waals surface area contributed by atoms with E-state index in [4.69, 9.17) is 0 Å². The van der Waals surface area contributed by atoms with Gasteiger partial charge < -0.3 is 0 Å². The minimum atomic E-state index is 0.237. The summed E-state index contributed by atoms with van der Waals surface area (Å²) in [6.07, 6.45) is 14.0. The first-order valence-electron chi connectivity index (χ1n) is 7.78. The van der Waals surface area contributed by atoms with Crippen molar-refractivity contribution in [2.75, 3.05) is 0 Å². The molecule has 0 amide bonds. The molecule has 17 heavy (non-hydrogen) atoms. The van der Waals surface area contributed by atoms with E-state index >= 15 is 0 Å². The second kappa shape index (κ2) is 14.4. The van der Waals surface area contributed by atoms with Crippen LogP contribution in [0.1, 0.15) is 98.8 Å². The third-order valence-electron chi connectivity index (χ3n) is 2.89. The van der Waals surface area contributed by atoms with Crippen molar-refractivity contribution in [1.29, 1.82) is 0 Å². The Morgan fingerprint density at radius 2 is 1.06 bits per heavy atom. The molecule has 0 aliphatic rings. The number of hydrogen-bond donors (Lipinski definition) is 1. The molecular weight excluding hydrogens is 224 g/mol. The van der Waals surface area contributed by atoms with E-state index in [0.29, 0.717) is 0 Å². The molecule has 1 heteroatoms. The van der Waals surface area contributed by atoms with E-state index in [1.807, 2.05) is 13.8 Å². The lowest BCUT2D eigenvalue weighted by molar-refractivity contribution is 0.530. The molecule has 0 aliphatic heterocycles. The van der Waals surface area contributed by atoms with Crippen LogP contribution in [0.4, 0.5) is 0 Å². The van der Waals surface area contributed by atoms with E-state index in [1.165, 1.54) is 64.2 Å². The smallest absolute Gasteiger partial charge is 0.00731 e. The van der Waals surface area contributed by atoms with Crippen LogP contribution in [0.25, 0.3) is 0 Å². The maximum Gasteiger partial charge on any atom is 0.00731 e. The minimum Gasteiger partial charge on any atom is -0.173 e. The predicted molar refractivity (Wildman–Crippen MR) is 86.3 cm³/mol. The standard InChI is InChI=1S/C14H30S.C2H6/c1-4-5-6-7-8-9-10-11-12-13-14(2,3)15;1-2/h15H,4-13H2,1-3H3;1-2H3. The zero-order valence-corrected chi connectivity index (χ0v) is 13.9. The van der Waals surface area contributed by atoms with Crippen LogP contribution < -0.4 is 0 Å². The third-order valence-corrected chi connectivity index (χ3v) is 3.12. The molecule has 106 valence electrons. The van der Waals surface area contributed by atoms with Gasteiger partial charge in [-0.3, -0.25) is 0 Å². The normalized spacial score (nSPS) is 10.9. The maximum absolute atomic E-state index is 4.54. The Labute approximate surface area is 116 Å². The van der Waals surface area contributed by atoms with Gasteiger partial charge in [0.05, 0.1) is 0 Å². The summed E-state index contributed by atoms with van der Waals surface area (Å²) in [5, 5.41) is 0. The summed E-state index contributed by atoms with van der Waals surface area (Å²) < 4.78 is 0.237. The lowest BCUT2D eigenvalue weighted by atomic mass is 10.0. The van der Waals surface area contributed by atoms with Gasteiger partial charge in [-0.05, 0) is 6.42 Å². The monoisotopic (exact) mass is 260 g/mol. The minimum absolute atomic E-state index is 0.237. The highest BCUT2D eigenvalue weighted by Gasteiger charge is 2.09. The molecule has 0 saturated heterocycles. The van der Waals surface area contributed by atoms with E-state index in [9.17, 15) is 0 Å². The summed E-state index contributed by atoms with van der Waals surface area (Å²) in [5.74, 6) is 0. The van der Waals surface area contributed by atoms with Crippen molar-refractivity contribution in [2.45, 2.75) is 104 Å². The second-order valence-corrected chi connectivity index (χ2v) is 6.60. The molecule has 0 rings (SSSR count). The van der Waals surface area contributed by atoms with Crippen LogP contribution in [-0.4, -0.2) is 4.75 Å². The van der Waals surface area contributed by atoms with Crippen LogP contribution in [0, 0.1) is 0 Å². The largest absolute Gasteiger partial charge is 0.173 e. The molecule has 0 fully saturated rings. The van der Waals surface area contributed by atoms with Crippen LogP contribution in [0.2, 0.25) is 0 Å². The molecule has 0 radical (unpaired) electrons. The van der Waals surface area contributed by atoms with Gasteiger partial charge in [0.15, 0.2) is 0 Å². The lowest BCUT2D eigenvalue weighted by Gasteiger charge is -2.16. The van der Waals surface area contributed by atoms with Gasteiger partial charge in [0.25, 0.3) is 0 Å². The second-order valence-electron chi connectivity index (χ2n) is 5.39. The molecular formula is C16H36S. The van der Waals surface area contributed by atoms with E-state index in [0.717, 1.165) is 0 Å². The molecule has 0 aromatic heterocycles. The van der Waals surface area contributed by atoms with Crippen molar-refractivity contribution in [3.8, 4) is 0 Å². The fraction of sp³-hybridized carbons (Fsp3) is 1.00. The molecule has 0 bridgehead atoms. The Hall–Kier alpha value is 0.350. The van der Waals surface area contributed by atoms with Gasteiger partial charge in [0, 0.05) is 4.75 Å². The van der Waals surface area contributed by atoms with Crippen molar-refractivity contribution >= 4 is 12.6 Å². The van der Waals surface area contributed by atoms with Crippen molar-refractivity contribution in [2.24, 2.45) is 0 Å². The molecule has 0 heterocycles. The van der Waals surface area contributed by atoms with E-state index in [-0.39, 0.29) is 4.75 Å². The lowest BCUT2D eigenvalue weighted by Crippen LogP contribution is -2.09. The zero-order valence-electron chi connectivity index (χ0n) is 13.0. The van der Waals surface area contributed by atoms with Crippen LogP contribution in [0.3, 0.4) is 0 Å². The van der Waals surface area contributed by atoms with Crippen molar-refractivity contribution < 1.29 is 0 Å². The Balaban J connectivity index is 0. The first-order chi connectivity index (χ1) is 8.06. The van der Waals surface area contributed by atoms with Crippen LogP contribution in [0.15, 0.2) is 0 Å². The van der Waals surface area contributed by atoms with Crippen LogP contribution >= 0.6 is 12.6 Å². The molecule has 0 N–H and O–H groups in total. The molecule has 0 atom stereocenters. The van der Waals surface area contributed by atoms with Gasteiger partial charge in [-0.25, -0.2) is 0 Å². The summed E-state index contributed by atoms with van der Waals surface area (Å²) in [6.45, 7) is 10.7. The fourth-order valence-electron chi connectivity index (χ4n) is 1.87. The summed E-state index contributed by atoms with van der Waals surface area (Å²) >= 11 is 4.54. The van der Waals surface area contributed by atoms with Gasteiger partial charge in [-0.1, -0.05) is 92.4 Å². The highest BCUT2D eigenvalue weighted by molar-refractivity contribution is 7.81. The van der Waals surface area contributed by atoms with Crippen molar-refractivity contribution in [3.05, 3.63) is 0 Å². The van der Waals surface area contributed by atoms with E-state index < -0.39 is 0 Å². The first-order valence-corrected chi connectivity index (χ1v) is 8.23. The first kappa shape index (κ1) is 19.7. The Kier molecular flexibility index (Phi) is 16.7. The fourth-order valence-corrected chi connectivity index (χ4v) is 2.03. The molecule has 0 saturated carbocycles. The number of unbranched alkanes of at least 4 members (excludes halogenated alkanes) is 8. The Morgan fingerprint density at radius 3 is 1.41 bits per heavy atom. The quantitative estimate of drug-likeness (QED) is 0.330. The average molecular weight is 261 g/mol. The number of hydrogen-bond acceptors (Lipinski definition) is 1. The Morgan fingerprint density at radius 1 is 0.706 bits per heavy atom. The zero-order chi connectivity index (χ0) is 13.6. The topological polar surface area (TPSA) is 0 Å². The molecule has 0 unspecified atom stereocenters. The number of thiol groups is 1. The Bertz CT molecular complexity index is 124. The highest BCUT2D eigenvalue weighted by atomic mass is 32.1.